The highest BCUT2D eigenvalue weighted by Gasteiger charge is 2.49. The first-order chi connectivity index (χ1) is 11.1. The van der Waals surface area contributed by atoms with Crippen molar-refractivity contribution in [1.82, 2.24) is 4.90 Å². The van der Waals surface area contributed by atoms with Gasteiger partial charge in [-0.15, -0.1) is 0 Å². The van der Waals surface area contributed by atoms with Gasteiger partial charge < -0.3 is 10.6 Å². The molecule has 1 aromatic carbocycles. The second-order valence-corrected chi connectivity index (χ2v) is 5.98. The van der Waals surface area contributed by atoms with Crippen LogP contribution in [-0.2, 0) is 10.2 Å². The predicted molar refractivity (Wildman–Crippen MR) is 96.0 cm³/mol. The summed E-state index contributed by atoms with van der Waals surface area (Å²) >= 11 is 0. The molecule has 1 amide bonds. The topological polar surface area (TPSA) is 46.3 Å². The number of primary amides is 1. The van der Waals surface area contributed by atoms with E-state index in [-0.39, 0.29) is 11.8 Å². The largest absolute Gasteiger partial charge is 0.369 e. The number of allylic oxidation sites excluding steroid dienone is 3. The highest BCUT2D eigenvalue weighted by Crippen LogP contribution is 2.44. The molecule has 1 saturated heterocycles. The van der Waals surface area contributed by atoms with E-state index < -0.39 is 5.41 Å². The SMILES string of the molecule is C=C/C=C(\C=C)C(C(N)=O)(c1ccccc1)C1CCN(CC)C1. The number of carbonyl (C=O) groups is 1. The number of hydrogen-bond donors (Lipinski definition) is 1. The Bertz CT molecular complexity index is 605. The number of benzene rings is 1. The monoisotopic (exact) mass is 310 g/mol. The summed E-state index contributed by atoms with van der Waals surface area (Å²) in [5.41, 5.74) is 6.90. The fourth-order valence-corrected chi connectivity index (χ4v) is 3.79. The first-order valence-electron chi connectivity index (χ1n) is 8.14. The molecule has 0 bridgehead atoms. The fourth-order valence-electron chi connectivity index (χ4n) is 3.79. The van der Waals surface area contributed by atoms with Crippen LogP contribution in [0.1, 0.15) is 18.9 Å². The maximum absolute atomic E-state index is 12.8. The molecule has 0 aromatic heterocycles. The van der Waals surface area contributed by atoms with Crippen LogP contribution in [0.5, 0.6) is 0 Å². The quantitative estimate of drug-likeness (QED) is 0.787. The van der Waals surface area contributed by atoms with Crippen LogP contribution in [0.15, 0.2) is 67.3 Å². The lowest BCUT2D eigenvalue weighted by atomic mass is 9.64. The summed E-state index contributed by atoms with van der Waals surface area (Å²) in [4.78, 5) is 15.1. The van der Waals surface area contributed by atoms with Crippen molar-refractivity contribution < 1.29 is 4.79 Å². The average Bonchev–Trinajstić information content (AvgIpc) is 3.04. The molecule has 0 spiro atoms. The lowest BCUT2D eigenvalue weighted by Gasteiger charge is -2.38. The molecule has 0 radical (unpaired) electrons. The Kier molecular flexibility index (Phi) is 5.56. The Hall–Kier alpha value is -2.13. The smallest absolute Gasteiger partial charge is 0.232 e. The Morgan fingerprint density at radius 3 is 2.57 bits per heavy atom. The minimum absolute atomic E-state index is 0.131. The normalized spacial score (nSPS) is 21.6. The number of hydrogen-bond acceptors (Lipinski definition) is 2. The summed E-state index contributed by atoms with van der Waals surface area (Å²) in [5, 5.41) is 0. The summed E-state index contributed by atoms with van der Waals surface area (Å²) < 4.78 is 0. The molecule has 23 heavy (non-hydrogen) atoms. The van der Waals surface area contributed by atoms with Gasteiger partial charge in [0.2, 0.25) is 5.91 Å². The van der Waals surface area contributed by atoms with Crippen LogP contribution < -0.4 is 5.73 Å². The van der Waals surface area contributed by atoms with Crippen molar-refractivity contribution >= 4 is 5.91 Å². The standard InChI is InChI=1S/C20H26N2O/c1-4-10-16(5-2)20(19(21)23,17-11-8-7-9-12-17)18-13-14-22(6-3)15-18/h4-5,7-12,18H,1-2,6,13-15H2,3H3,(H2,21,23)/b16-10+. The number of rotatable bonds is 7. The van der Waals surface area contributed by atoms with Gasteiger partial charge in [0.15, 0.2) is 0 Å². The van der Waals surface area contributed by atoms with Gasteiger partial charge in [-0.3, -0.25) is 4.79 Å². The van der Waals surface area contributed by atoms with E-state index in [1.807, 2.05) is 36.4 Å². The number of nitrogens with zero attached hydrogens (tertiary/aromatic N) is 1. The maximum atomic E-state index is 12.8. The predicted octanol–water partition coefficient (Wildman–Crippen LogP) is 3.05. The van der Waals surface area contributed by atoms with Gasteiger partial charge in [-0.2, -0.15) is 0 Å². The number of carbonyl (C=O) groups excluding carboxylic acids is 1. The zero-order valence-electron chi connectivity index (χ0n) is 13.9. The average molecular weight is 310 g/mol. The van der Waals surface area contributed by atoms with Gasteiger partial charge in [0.1, 0.15) is 5.41 Å². The molecular weight excluding hydrogens is 284 g/mol. The van der Waals surface area contributed by atoms with Crippen LogP contribution in [0.4, 0.5) is 0 Å². The Balaban J connectivity index is 2.66. The Morgan fingerprint density at radius 1 is 1.39 bits per heavy atom. The summed E-state index contributed by atoms with van der Waals surface area (Å²) in [6, 6.07) is 9.83. The minimum Gasteiger partial charge on any atom is -0.369 e. The summed E-state index contributed by atoms with van der Waals surface area (Å²) in [6.45, 7) is 12.7. The molecule has 0 saturated carbocycles. The Morgan fingerprint density at radius 2 is 2.09 bits per heavy atom. The van der Waals surface area contributed by atoms with E-state index in [1.165, 1.54) is 0 Å². The van der Waals surface area contributed by atoms with Crippen molar-refractivity contribution in [3.63, 3.8) is 0 Å². The van der Waals surface area contributed by atoms with Crippen LogP contribution in [0.3, 0.4) is 0 Å². The van der Waals surface area contributed by atoms with E-state index in [4.69, 9.17) is 5.73 Å². The second kappa shape index (κ2) is 7.42. The van der Waals surface area contributed by atoms with Gasteiger partial charge in [-0.25, -0.2) is 0 Å². The van der Waals surface area contributed by atoms with Crippen LogP contribution in [-0.4, -0.2) is 30.4 Å². The van der Waals surface area contributed by atoms with Crippen LogP contribution >= 0.6 is 0 Å². The van der Waals surface area contributed by atoms with Crippen molar-refractivity contribution in [2.24, 2.45) is 11.7 Å². The van der Waals surface area contributed by atoms with Gasteiger partial charge >= 0.3 is 0 Å². The number of likely N-dealkylation sites (tertiary alicyclic amines) is 1. The second-order valence-electron chi connectivity index (χ2n) is 5.98. The first-order valence-corrected chi connectivity index (χ1v) is 8.14. The zero-order chi connectivity index (χ0) is 16.9. The lowest BCUT2D eigenvalue weighted by Crippen LogP contribution is -2.49. The highest BCUT2D eigenvalue weighted by atomic mass is 16.1. The molecule has 2 unspecified atom stereocenters. The van der Waals surface area contributed by atoms with Crippen molar-refractivity contribution in [1.29, 1.82) is 0 Å². The zero-order valence-corrected chi connectivity index (χ0v) is 13.9. The lowest BCUT2D eigenvalue weighted by molar-refractivity contribution is -0.123. The van der Waals surface area contributed by atoms with Crippen molar-refractivity contribution in [3.05, 3.63) is 72.9 Å². The third-order valence-corrected chi connectivity index (χ3v) is 4.92. The van der Waals surface area contributed by atoms with Crippen molar-refractivity contribution in [3.8, 4) is 0 Å². The number of amides is 1. The molecule has 2 N–H and O–H groups in total. The fraction of sp³-hybridized carbons (Fsp3) is 0.350. The van der Waals surface area contributed by atoms with E-state index in [9.17, 15) is 4.79 Å². The van der Waals surface area contributed by atoms with E-state index in [2.05, 4.69) is 25.0 Å². The molecular formula is C20H26N2O. The molecule has 1 aromatic rings. The Labute approximate surface area is 139 Å². The molecule has 1 fully saturated rings. The van der Waals surface area contributed by atoms with E-state index in [0.717, 1.165) is 37.2 Å². The van der Waals surface area contributed by atoms with Gasteiger partial charge in [-0.05, 0) is 36.6 Å². The molecule has 1 heterocycles. The van der Waals surface area contributed by atoms with Gasteiger partial charge in [0, 0.05) is 6.54 Å². The summed E-state index contributed by atoms with van der Waals surface area (Å²) in [5.74, 6) is -0.189. The molecule has 2 rings (SSSR count). The summed E-state index contributed by atoms with van der Waals surface area (Å²) in [7, 11) is 0. The molecule has 3 heteroatoms. The van der Waals surface area contributed by atoms with E-state index in [0.29, 0.717) is 0 Å². The van der Waals surface area contributed by atoms with Crippen LogP contribution in [0.2, 0.25) is 0 Å². The minimum atomic E-state index is -0.860. The number of nitrogens with two attached hydrogens (primary N) is 1. The molecule has 0 aliphatic carbocycles. The highest BCUT2D eigenvalue weighted by molar-refractivity contribution is 5.92. The van der Waals surface area contributed by atoms with Gasteiger partial charge in [0.25, 0.3) is 0 Å². The van der Waals surface area contributed by atoms with Crippen LogP contribution in [0.25, 0.3) is 0 Å². The van der Waals surface area contributed by atoms with Gasteiger partial charge in [-0.1, -0.05) is 68.6 Å². The third kappa shape index (κ3) is 3.02. The first kappa shape index (κ1) is 17.2. The van der Waals surface area contributed by atoms with Crippen molar-refractivity contribution in [2.45, 2.75) is 18.8 Å². The van der Waals surface area contributed by atoms with Crippen LogP contribution in [0, 0.1) is 5.92 Å². The van der Waals surface area contributed by atoms with Gasteiger partial charge in [0.05, 0.1) is 0 Å². The van der Waals surface area contributed by atoms with E-state index >= 15 is 0 Å². The molecule has 1 aliphatic rings. The molecule has 1 aliphatic heterocycles. The maximum Gasteiger partial charge on any atom is 0.232 e. The third-order valence-electron chi connectivity index (χ3n) is 4.92. The summed E-state index contributed by atoms with van der Waals surface area (Å²) in [6.07, 6.45) is 6.24. The molecule has 2 atom stereocenters. The molecule has 3 nitrogen and oxygen atoms in total. The molecule has 122 valence electrons. The van der Waals surface area contributed by atoms with E-state index in [1.54, 1.807) is 12.2 Å². The van der Waals surface area contributed by atoms with Crippen molar-refractivity contribution in [2.75, 3.05) is 19.6 Å².